The van der Waals surface area contributed by atoms with E-state index in [1.807, 2.05) is 24.3 Å². The Hall–Kier alpha value is -0.250. The molecule has 130 valence electrons. The van der Waals surface area contributed by atoms with Gasteiger partial charge in [-0.3, -0.25) is 0 Å². The molecule has 0 N–H and O–H groups in total. The molecule has 2 atom stereocenters. The number of thioether (sulfide) groups is 1. The summed E-state index contributed by atoms with van der Waals surface area (Å²) in [6, 6.07) is 12.8. The minimum atomic E-state index is -0.246. The van der Waals surface area contributed by atoms with Crippen LogP contribution in [0.5, 0.6) is 5.75 Å². The van der Waals surface area contributed by atoms with Gasteiger partial charge in [-0.15, -0.1) is 23.4 Å². The molecule has 2 aromatic rings. The molecule has 1 nitrogen and oxygen atoms in total. The second kappa shape index (κ2) is 10.0. The molecule has 0 bridgehead atoms. The van der Waals surface area contributed by atoms with E-state index in [4.69, 9.17) is 51.1 Å². The third-order valence-electron chi connectivity index (χ3n) is 3.37. The average molecular weight is 424 g/mol. The van der Waals surface area contributed by atoms with Crippen LogP contribution in [-0.2, 0) is 0 Å². The Bertz CT molecular complexity index is 648. The van der Waals surface area contributed by atoms with E-state index >= 15 is 0 Å². The third kappa shape index (κ3) is 6.24. The number of alkyl halides is 1. The minimum Gasteiger partial charge on any atom is -0.486 e. The van der Waals surface area contributed by atoms with Crippen LogP contribution >= 0.6 is 58.2 Å². The molecule has 0 saturated carbocycles. The Morgan fingerprint density at radius 1 is 1.00 bits per heavy atom. The van der Waals surface area contributed by atoms with E-state index in [9.17, 15) is 0 Å². The molecule has 0 radical (unpaired) electrons. The second-order valence-electron chi connectivity index (χ2n) is 5.30. The number of unbranched alkanes of at least 4 members (excludes halogenated alkanes) is 1. The normalized spacial score (nSPS) is 13.5. The first kappa shape index (κ1) is 20.1. The van der Waals surface area contributed by atoms with Crippen molar-refractivity contribution < 1.29 is 4.74 Å². The van der Waals surface area contributed by atoms with Crippen molar-refractivity contribution in [1.29, 1.82) is 0 Å². The summed E-state index contributed by atoms with van der Waals surface area (Å²) in [7, 11) is 0. The van der Waals surface area contributed by atoms with E-state index in [1.165, 1.54) is 0 Å². The lowest BCUT2D eigenvalue weighted by molar-refractivity contribution is 0.203. The molecule has 2 aromatic carbocycles. The largest absolute Gasteiger partial charge is 0.486 e. The monoisotopic (exact) mass is 422 g/mol. The van der Waals surface area contributed by atoms with Crippen LogP contribution in [0.2, 0.25) is 15.1 Å². The summed E-state index contributed by atoms with van der Waals surface area (Å²) < 4.78 is 5.84. The van der Waals surface area contributed by atoms with E-state index in [-0.39, 0.29) is 10.8 Å². The highest BCUT2D eigenvalue weighted by Crippen LogP contribution is 2.35. The van der Waals surface area contributed by atoms with Crippen LogP contribution < -0.4 is 4.74 Å². The Morgan fingerprint density at radius 2 is 1.67 bits per heavy atom. The average Bonchev–Trinajstić information content (AvgIpc) is 2.55. The molecule has 0 saturated heterocycles. The molecule has 0 aliphatic heterocycles. The fraction of sp³-hybridized carbons (Fsp3) is 0.333. The van der Waals surface area contributed by atoms with Crippen LogP contribution in [0.15, 0.2) is 47.4 Å². The second-order valence-corrected chi connectivity index (χ2v) is 8.52. The Morgan fingerprint density at radius 3 is 2.29 bits per heavy atom. The highest BCUT2D eigenvalue weighted by Gasteiger charge is 2.23. The van der Waals surface area contributed by atoms with Crippen LogP contribution in [0.1, 0.15) is 26.2 Å². The maximum absolute atomic E-state index is 6.63. The van der Waals surface area contributed by atoms with Gasteiger partial charge in [-0.1, -0.05) is 48.1 Å². The van der Waals surface area contributed by atoms with Gasteiger partial charge in [-0.25, -0.2) is 0 Å². The first-order valence-electron chi connectivity index (χ1n) is 7.67. The molecule has 2 unspecified atom stereocenters. The minimum absolute atomic E-state index is 0.161. The summed E-state index contributed by atoms with van der Waals surface area (Å²) >= 11 is 26.3. The van der Waals surface area contributed by atoms with Crippen LogP contribution in [0.4, 0.5) is 0 Å². The Balaban J connectivity index is 2.09. The number of ether oxygens (including phenoxy) is 1. The maximum atomic E-state index is 6.63. The van der Waals surface area contributed by atoms with Gasteiger partial charge < -0.3 is 4.74 Å². The predicted molar refractivity (Wildman–Crippen MR) is 107 cm³/mol. The van der Waals surface area contributed by atoms with Gasteiger partial charge >= 0.3 is 0 Å². The molecule has 0 amide bonds. The van der Waals surface area contributed by atoms with Crippen molar-refractivity contribution in [1.82, 2.24) is 0 Å². The SMILES string of the molecule is CCCCC(Oc1ccc(Cl)cc1Cl)C(Cl)Sc1ccc(Cl)cc1. The maximum Gasteiger partial charge on any atom is 0.138 e. The molecule has 6 heteroatoms. The van der Waals surface area contributed by atoms with Crippen molar-refractivity contribution >= 4 is 58.2 Å². The fourth-order valence-corrected chi connectivity index (χ4v) is 4.06. The molecular weight excluding hydrogens is 406 g/mol. The van der Waals surface area contributed by atoms with E-state index < -0.39 is 0 Å². The first-order chi connectivity index (χ1) is 11.5. The molecule has 24 heavy (non-hydrogen) atoms. The van der Waals surface area contributed by atoms with Gasteiger partial charge in [-0.05, 0) is 55.3 Å². The molecule has 2 rings (SSSR count). The molecular formula is C18H18Cl4OS. The molecule has 0 aliphatic carbocycles. The first-order valence-corrected chi connectivity index (χ1v) is 10.1. The summed E-state index contributed by atoms with van der Waals surface area (Å²) in [5.41, 5.74) is 0. The lowest BCUT2D eigenvalue weighted by Crippen LogP contribution is -2.25. The molecule has 0 spiro atoms. The van der Waals surface area contributed by atoms with Crippen LogP contribution in [-0.4, -0.2) is 10.8 Å². The lowest BCUT2D eigenvalue weighted by Gasteiger charge is -2.24. The number of hydrogen-bond acceptors (Lipinski definition) is 2. The van der Waals surface area contributed by atoms with Gasteiger partial charge in [0.25, 0.3) is 0 Å². The van der Waals surface area contributed by atoms with Gasteiger partial charge in [0.05, 0.1) is 5.02 Å². The van der Waals surface area contributed by atoms with Gasteiger partial charge in [-0.2, -0.15) is 0 Å². The topological polar surface area (TPSA) is 9.23 Å². The van der Waals surface area contributed by atoms with Crippen LogP contribution in [0, 0.1) is 0 Å². The summed E-state index contributed by atoms with van der Waals surface area (Å²) in [5.74, 6) is 0.601. The van der Waals surface area contributed by atoms with Gasteiger partial charge in [0.15, 0.2) is 0 Å². The Labute approximate surface area is 167 Å². The highest BCUT2D eigenvalue weighted by molar-refractivity contribution is 8.01. The van der Waals surface area contributed by atoms with Gasteiger partial charge in [0.1, 0.15) is 16.6 Å². The smallest absolute Gasteiger partial charge is 0.138 e. The number of hydrogen-bond donors (Lipinski definition) is 0. The van der Waals surface area contributed by atoms with Gasteiger partial charge in [0.2, 0.25) is 0 Å². The summed E-state index contributed by atoms with van der Waals surface area (Å²) in [6.45, 7) is 2.14. The molecule has 0 fully saturated rings. The van der Waals surface area contributed by atoms with Crippen LogP contribution in [0.25, 0.3) is 0 Å². The summed E-state index contributed by atoms with van der Waals surface area (Å²) in [4.78, 5) is 1.05. The fourth-order valence-electron chi connectivity index (χ4n) is 2.10. The molecule has 0 aromatic heterocycles. The Kier molecular flexibility index (Phi) is 8.39. The molecule has 0 heterocycles. The third-order valence-corrected chi connectivity index (χ3v) is 5.77. The van der Waals surface area contributed by atoms with E-state index in [0.29, 0.717) is 20.8 Å². The zero-order chi connectivity index (χ0) is 17.5. The van der Waals surface area contributed by atoms with Gasteiger partial charge in [0, 0.05) is 14.9 Å². The quantitative estimate of drug-likeness (QED) is 0.314. The summed E-state index contributed by atoms with van der Waals surface area (Å²) in [5, 5.41) is 1.77. The van der Waals surface area contributed by atoms with E-state index in [1.54, 1.807) is 30.0 Å². The predicted octanol–water partition coefficient (Wildman–Crippen LogP) is 7.94. The molecule has 0 aliphatic rings. The van der Waals surface area contributed by atoms with Crippen LogP contribution in [0.3, 0.4) is 0 Å². The van der Waals surface area contributed by atoms with E-state index in [2.05, 4.69) is 6.92 Å². The summed E-state index contributed by atoms with van der Waals surface area (Å²) in [6.07, 6.45) is 2.79. The van der Waals surface area contributed by atoms with Crippen molar-refractivity contribution in [2.75, 3.05) is 0 Å². The standard InChI is InChI=1S/C18H18Cl4OS/c1-2-3-4-17(23-16-10-7-13(20)11-15(16)21)18(22)24-14-8-5-12(19)6-9-14/h5-11,17-18H,2-4H2,1H3. The number of rotatable bonds is 8. The highest BCUT2D eigenvalue weighted by atomic mass is 35.5. The van der Waals surface area contributed by atoms with Crippen molar-refractivity contribution in [2.24, 2.45) is 0 Å². The number of halogens is 4. The lowest BCUT2D eigenvalue weighted by atomic mass is 10.2. The van der Waals surface area contributed by atoms with Crippen molar-refractivity contribution in [3.63, 3.8) is 0 Å². The van der Waals surface area contributed by atoms with E-state index in [0.717, 1.165) is 24.2 Å². The zero-order valence-electron chi connectivity index (χ0n) is 13.1. The van der Waals surface area contributed by atoms with Crippen molar-refractivity contribution in [3.8, 4) is 5.75 Å². The van der Waals surface area contributed by atoms with Crippen molar-refractivity contribution in [2.45, 2.75) is 41.9 Å². The zero-order valence-corrected chi connectivity index (χ0v) is 17.0. The van der Waals surface area contributed by atoms with Crippen molar-refractivity contribution in [3.05, 3.63) is 57.5 Å². The number of benzene rings is 2.